The molecule has 0 radical (unpaired) electrons. The molecule has 1 aromatic rings. The summed E-state index contributed by atoms with van der Waals surface area (Å²) in [4.78, 5) is 4.34. The van der Waals surface area contributed by atoms with Gasteiger partial charge < -0.3 is 9.73 Å². The lowest BCUT2D eigenvalue weighted by atomic mass is 10.00. The Morgan fingerprint density at radius 1 is 1.47 bits per heavy atom. The lowest BCUT2D eigenvalue weighted by Gasteiger charge is -2.25. The first-order valence-electron chi connectivity index (χ1n) is 6.02. The molecule has 17 heavy (non-hydrogen) atoms. The Morgan fingerprint density at radius 3 is 2.88 bits per heavy atom. The smallest absolute Gasteiger partial charge is 0.194 e. The number of hydrogen-bond donors (Lipinski definition) is 1. The van der Waals surface area contributed by atoms with Crippen LogP contribution in [0.5, 0.6) is 0 Å². The van der Waals surface area contributed by atoms with Crippen LogP contribution in [0.2, 0.25) is 0 Å². The Morgan fingerprint density at radius 2 is 2.29 bits per heavy atom. The van der Waals surface area contributed by atoms with Crippen molar-refractivity contribution in [1.82, 2.24) is 10.3 Å². The van der Waals surface area contributed by atoms with Crippen molar-refractivity contribution in [2.45, 2.75) is 24.5 Å². The topological polar surface area (TPSA) is 72.2 Å². The zero-order chi connectivity index (χ0) is 11.9. The van der Waals surface area contributed by atoms with Crippen LogP contribution in [-0.2, 0) is 16.3 Å². The molecule has 2 fully saturated rings. The Labute approximate surface area is 101 Å². The van der Waals surface area contributed by atoms with E-state index < -0.39 is 15.1 Å². The third-order valence-electron chi connectivity index (χ3n) is 3.56. The summed E-state index contributed by atoms with van der Waals surface area (Å²) in [6.07, 6.45) is 3.75. The molecule has 0 amide bonds. The number of hydrogen-bond acceptors (Lipinski definition) is 5. The summed E-state index contributed by atoms with van der Waals surface area (Å²) in [5.74, 6) is 1.54. The molecular formula is C11H16N2O3S. The van der Waals surface area contributed by atoms with Crippen molar-refractivity contribution in [2.24, 2.45) is 5.92 Å². The van der Waals surface area contributed by atoms with Gasteiger partial charge in [-0.3, -0.25) is 0 Å². The number of rotatable bonds is 3. The van der Waals surface area contributed by atoms with E-state index in [-0.39, 0.29) is 5.75 Å². The molecule has 5 nitrogen and oxygen atoms in total. The van der Waals surface area contributed by atoms with E-state index in [9.17, 15) is 8.42 Å². The van der Waals surface area contributed by atoms with Crippen molar-refractivity contribution < 1.29 is 12.8 Å². The number of sulfone groups is 1. The molecule has 2 saturated heterocycles. The molecule has 2 aliphatic heterocycles. The summed E-state index contributed by atoms with van der Waals surface area (Å²) < 4.78 is 28.9. The molecule has 3 rings (SSSR count). The van der Waals surface area contributed by atoms with E-state index >= 15 is 0 Å². The van der Waals surface area contributed by atoms with Crippen LogP contribution >= 0.6 is 0 Å². The van der Waals surface area contributed by atoms with Crippen LogP contribution in [0.4, 0.5) is 0 Å². The Hall–Kier alpha value is -0.880. The van der Waals surface area contributed by atoms with Crippen LogP contribution < -0.4 is 5.32 Å². The number of aromatic nitrogens is 1. The van der Waals surface area contributed by atoms with Gasteiger partial charge in [0.1, 0.15) is 11.5 Å². The average molecular weight is 256 g/mol. The van der Waals surface area contributed by atoms with Gasteiger partial charge in [0.25, 0.3) is 0 Å². The number of nitrogens with one attached hydrogen (secondary N) is 1. The summed E-state index contributed by atoms with van der Waals surface area (Å²) in [6.45, 7) is 2.00. The van der Waals surface area contributed by atoms with E-state index in [2.05, 4.69) is 10.3 Å². The van der Waals surface area contributed by atoms with Gasteiger partial charge in [-0.1, -0.05) is 0 Å². The first-order valence-corrected chi connectivity index (χ1v) is 7.73. The third kappa shape index (κ3) is 2.11. The van der Waals surface area contributed by atoms with E-state index in [0.29, 0.717) is 23.9 Å². The Bertz CT molecular complexity index is 505. The van der Waals surface area contributed by atoms with Crippen molar-refractivity contribution in [1.29, 1.82) is 0 Å². The molecule has 0 bridgehead atoms. The van der Waals surface area contributed by atoms with Gasteiger partial charge in [-0.2, -0.15) is 0 Å². The molecule has 0 aromatic carbocycles. The summed E-state index contributed by atoms with van der Waals surface area (Å²) in [7, 11) is -2.98. The first-order chi connectivity index (χ1) is 8.15. The van der Waals surface area contributed by atoms with Gasteiger partial charge in [-0.05, 0) is 31.8 Å². The fourth-order valence-electron chi connectivity index (χ4n) is 2.43. The molecule has 0 saturated carbocycles. The first kappa shape index (κ1) is 11.2. The molecule has 1 N–H and O–H groups in total. The highest BCUT2D eigenvalue weighted by atomic mass is 32.2. The van der Waals surface area contributed by atoms with E-state index in [0.717, 1.165) is 25.9 Å². The van der Waals surface area contributed by atoms with Crippen molar-refractivity contribution in [2.75, 3.05) is 18.8 Å². The summed E-state index contributed by atoms with van der Waals surface area (Å²) >= 11 is 0. The van der Waals surface area contributed by atoms with Crippen molar-refractivity contribution in [3.63, 3.8) is 0 Å². The normalized spacial score (nSPS) is 28.1. The second-order valence-electron chi connectivity index (χ2n) is 4.89. The third-order valence-corrected chi connectivity index (χ3v) is 5.76. The summed E-state index contributed by atoms with van der Waals surface area (Å²) in [6, 6.07) is 0. The van der Waals surface area contributed by atoms with Crippen LogP contribution in [0.3, 0.4) is 0 Å². The lowest BCUT2D eigenvalue weighted by Crippen LogP contribution is -2.43. The molecule has 3 heterocycles. The molecule has 1 aromatic heterocycles. The molecule has 2 aliphatic rings. The van der Waals surface area contributed by atoms with E-state index in [1.54, 1.807) is 0 Å². The van der Waals surface area contributed by atoms with Gasteiger partial charge in [0.2, 0.25) is 0 Å². The molecular weight excluding hydrogens is 240 g/mol. The lowest BCUT2D eigenvalue weighted by molar-refractivity contribution is 0.318. The van der Waals surface area contributed by atoms with Crippen molar-refractivity contribution >= 4 is 9.84 Å². The van der Waals surface area contributed by atoms with Gasteiger partial charge in [0.15, 0.2) is 15.7 Å². The molecule has 94 valence electrons. The Balaban J connectivity index is 1.75. The maximum Gasteiger partial charge on any atom is 0.194 e. The monoisotopic (exact) mass is 256 g/mol. The van der Waals surface area contributed by atoms with Crippen LogP contribution in [0, 0.1) is 5.92 Å². The molecule has 0 spiro atoms. The van der Waals surface area contributed by atoms with Crippen LogP contribution in [0.25, 0.3) is 0 Å². The second-order valence-corrected chi connectivity index (χ2v) is 7.20. The minimum absolute atomic E-state index is 0.284. The van der Waals surface area contributed by atoms with Gasteiger partial charge in [0, 0.05) is 6.42 Å². The maximum atomic E-state index is 11.8. The fourth-order valence-corrected chi connectivity index (χ4v) is 4.29. The zero-order valence-electron chi connectivity index (χ0n) is 9.55. The minimum Gasteiger partial charge on any atom is -0.449 e. The van der Waals surface area contributed by atoms with Gasteiger partial charge in [0.05, 0.1) is 11.4 Å². The van der Waals surface area contributed by atoms with Crippen molar-refractivity contribution in [3.05, 3.63) is 17.8 Å². The predicted molar refractivity (Wildman–Crippen MR) is 62.3 cm³/mol. The van der Waals surface area contributed by atoms with E-state index in [1.807, 2.05) is 0 Å². The quantitative estimate of drug-likeness (QED) is 0.861. The van der Waals surface area contributed by atoms with Crippen LogP contribution in [-0.4, -0.2) is 32.2 Å². The SMILES string of the molecule is O=S1(=O)CCCC1c1coc(CC2CNC2)n1. The standard InChI is InChI=1S/C11H16N2O3S/c14-17(15)3-1-2-10(17)9-7-16-11(13-9)4-8-5-12-6-8/h7-8,10,12H,1-6H2. The molecule has 1 unspecified atom stereocenters. The van der Waals surface area contributed by atoms with Gasteiger partial charge in [-0.15, -0.1) is 0 Å². The van der Waals surface area contributed by atoms with Crippen LogP contribution in [0.1, 0.15) is 29.7 Å². The van der Waals surface area contributed by atoms with Gasteiger partial charge in [-0.25, -0.2) is 13.4 Å². The highest BCUT2D eigenvalue weighted by Gasteiger charge is 2.35. The predicted octanol–water partition coefficient (Wildman–Crippen LogP) is 0.686. The van der Waals surface area contributed by atoms with E-state index in [4.69, 9.17) is 4.42 Å². The number of oxazole rings is 1. The zero-order valence-corrected chi connectivity index (χ0v) is 10.4. The highest BCUT2D eigenvalue weighted by Crippen LogP contribution is 2.34. The molecule has 1 atom stereocenters. The van der Waals surface area contributed by atoms with Crippen LogP contribution in [0.15, 0.2) is 10.7 Å². The fraction of sp³-hybridized carbons (Fsp3) is 0.727. The maximum absolute atomic E-state index is 11.8. The Kier molecular flexibility index (Phi) is 2.71. The summed E-state index contributed by atoms with van der Waals surface area (Å²) in [5.41, 5.74) is 0.602. The minimum atomic E-state index is -2.98. The van der Waals surface area contributed by atoms with Gasteiger partial charge >= 0.3 is 0 Å². The molecule has 0 aliphatic carbocycles. The van der Waals surface area contributed by atoms with Crippen molar-refractivity contribution in [3.8, 4) is 0 Å². The largest absolute Gasteiger partial charge is 0.449 e. The molecule has 6 heteroatoms. The average Bonchev–Trinajstić information content (AvgIpc) is 2.77. The second kappa shape index (κ2) is 4.10. The number of nitrogens with zero attached hydrogens (tertiary/aromatic N) is 1. The van der Waals surface area contributed by atoms with E-state index in [1.165, 1.54) is 6.26 Å². The summed E-state index contributed by atoms with van der Waals surface area (Å²) in [5, 5.41) is 2.76. The highest BCUT2D eigenvalue weighted by molar-refractivity contribution is 7.91.